The molecule has 2 nitrogen and oxygen atoms in total. The molecule has 0 saturated carbocycles. The third-order valence-corrected chi connectivity index (χ3v) is 3.96. The van der Waals surface area contributed by atoms with Crippen LogP contribution < -0.4 is 0 Å². The number of hydrogen-bond donors (Lipinski definition) is 0. The molecule has 1 heterocycles. The molecule has 0 atom stereocenters. The SMILES string of the molecule is C=CC[N+]1(CC#Cc2ccc(Br)cc2)CCOCC1. The van der Waals surface area contributed by atoms with Gasteiger partial charge in [-0.05, 0) is 36.3 Å². The summed E-state index contributed by atoms with van der Waals surface area (Å²) < 4.78 is 7.51. The van der Waals surface area contributed by atoms with Crippen LogP contribution in [0.5, 0.6) is 0 Å². The summed E-state index contributed by atoms with van der Waals surface area (Å²) >= 11 is 3.43. The predicted octanol–water partition coefficient (Wildman–Crippen LogP) is 2.83. The first-order valence-electron chi connectivity index (χ1n) is 6.52. The minimum absolute atomic E-state index is 0.827. The first kappa shape index (κ1) is 14.3. The van der Waals surface area contributed by atoms with Crippen molar-refractivity contribution in [1.82, 2.24) is 0 Å². The molecule has 1 saturated heterocycles. The van der Waals surface area contributed by atoms with E-state index in [0.717, 1.165) is 53.9 Å². The zero-order valence-corrected chi connectivity index (χ0v) is 12.7. The van der Waals surface area contributed by atoms with Crippen LogP contribution in [0.15, 0.2) is 41.4 Å². The van der Waals surface area contributed by atoms with E-state index in [9.17, 15) is 0 Å². The van der Waals surface area contributed by atoms with Gasteiger partial charge in [0, 0.05) is 10.0 Å². The van der Waals surface area contributed by atoms with Crippen LogP contribution in [0, 0.1) is 11.8 Å². The topological polar surface area (TPSA) is 9.23 Å². The minimum Gasteiger partial charge on any atom is -0.370 e. The van der Waals surface area contributed by atoms with Gasteiger partial charge in [0.05, 0.1) is 19.8 Å². The molecule has 19 heavy (non-hydrogen) atoms. The molecule has 0 aliphatic carbocycles. The van der Waals surface area contributed by atoms with E-state index >= 15 is 0 Å². The van der Waals surface area contributed by atoms with Crippen LogP contribution in [0.1, 0.15) is 5.56 Å². The standard InChI is InChI=1S/C16H19BrNO/c1-2-9-18(11-13-19-14-12-18)10-3-4-15-5-7-16(17)8-6-15/h2,5-8H,1,9-14H2/q+1. The molecule has 1 aromatic rings. The van der Waals surface area contributed by atoms with Gasteiger partial charge in [0.15, 0.2) is 0 Å². The molecule has 0 spiro atoms. The van der Waals surface area contributed by atoms with E-state index in [4.69, 9.17) is 4.74 Å². The summed E-state index contributed by atoms with van der Waals surface area (Å²) in [5, 5.41) is 0. The molecule has 2 rings (SSSR count). The van der Waals surface area contributed by atoms with Crippen molar-refractivity contribution >= 4 is 15.9 Å². The Morgan fingerprint density at radius 2 is 1.95 bits per heavy atom. The molecule has 0 unspecified atom stereocenters. The quantitative estimate of drug-likeness (QED) is 0.473. The number of halogens is 1. The lowest BCUT2D eigenvalue weighted by Gasteiger charge is -2.39. The second-order valence-corrected chi connectivity index (χ2v) is 5.75. The molecule has 0 radical (unpaired) electrons. The van der Waals surface area contributed by atoms with Gasteiger partial charge >= 0.3 is 0 Å². The van der Waals surface area contributed by atoms with E-state index in [1.54, 1.807) is 0 Å². The summed E-state index contributed by atoms with van der Waals surface area (Å²) in [6.45, 7) is 9.42. The van der Waals surface area contributed by atoms with Crippen LogP contribution in [-0.4, -0.2) is 43.9 Å². The van der Waals surface area contributed by atoms with Gasteiger partial charge in [0.2, 0.25) is 0 Å². The Balaban J connectivity index is 2.02. The number of morpholine rings is 1. The first-order chi connectivity index (χ1) is 9.24. The number of nitrogens with zero attached hydrogens (tertiary/aromatic N) is 1. The van der Waals surface area contributed by atoms with Crippen molar-refractivity contribution in [2.24, 2.45) is 0 Å². The Hall–Kier alpha value is -1.08. The molecule has 0 aromatic heterocycles. The van der Waals surface area contributed by atoms with Gasteiger partial charge < -0.3 is 9.22 Å². The monoisotopic (exact) mass is 320 g/mol. The average molecular weight is 321 g/mol. The number of benzene rings is 1. The molecular formula is C16H19BrNO+. The lowest BCUT2D eigenvalue weighted by molar-refractivity contribution is -0.923. The second kappa shape index (κ2) is 6.91. The number of quaternary nitrogens is 1. The highest BCUT2D eigenvalue weighted by molar-refractivity contribution is 9.10. The second-order valence-electron chi connectivity index (χ2n) is 4.84. The van der Waals surface area contributed by atoms with Crippen molar-refractivity contribution in [3.63, 3.8) is 0 Å². The molecule has 100 valence electrons. The maximum atomic E-state index is 5.45. The Kier molecular flexibility index (Phi) is 5.21. The van der Waals surface area contributed by atoms with Crippen LogP contribution in [0.4, 0.5) is 0 Å². The van der Waals surface area contributed by atoms with Gasteiger partial charge in [-0.15, -0.1) is 0 Å². The molecule has 0 bridgehead atoms. The number of hydrogen-bond acceptors (Lipinski definition) is 1. The van der Waals surface area contributed by atoms with Gasteiger partial charge in [-0.25, -0.2) is 0 Å². The number of rotatable bonds is 3. The molecule has 0 amide bonds. The Bertz CT molecular complexity index is 478. The fraction of sp³-hybridized carbons (Fsp3) is 0.375. The molecule has 1 aromatic carbocycles. The third kappa shape index (κ3) is 4.21. The van der Waals surface area contributed by atoms with E-state index in [0.29, 0.717) is 0 Å². The largest absolute Gasteiger partial charge is 0.370 e. The van der Waals surface area contributed by atoms with Crippen LogP contribution in [-0.2, 0) is 4.74 Å². The van der Waals surface area contributed by atoms with Gasteiger partial charge in [-0.1, -0.05) is 28.4 Å². The Morgan fingerprint density at radius 3 is 2.58 bits per heavy atom. The predicted molar refractivity (Wildman–Crippen MR) is 81.8 cm³/mol. The van der Waals surface area contributed by atoms with E-state index in [-0.39, 0.29) is 0 Å². The van der Waals surface area contributed by atoms with E-state index < -0.39 is 0 Å². The molecular weight excluding hydrogens is 302 g/mol. The summed E-state index contributed by atoms with van der Waals surface area (Å²) in [4.78, 5) is 0. The fourth-order valence-electron chi connectivity index (χ4n) is 2.25. The van der Waals surface area contributed by atoms with Gasteiger partial charge in [-0.2, -0.15) is 0 Å². The van der Waals surface area contributed by atoms with Crippen molar-refractivity contribution in [2.45, 2.75) is 0 Å². The summed E-state index contributed by atoms with van der Waals surface area (Å²) in [7, 11) is 0. The number of ether oxygens (including phenoxy) is 1. The van der Waals surface area contributed by atoms with Gasteiger partial charge in [0.1, 0.15) is 19.6 Å². The van der Waals surface area contributed by atoms with Gasteiger partial charge in [-0.3, -0.25) is 0 Å². The zero-order valence-electron chi connectivity index (χ0n) is 11.1. The van der Waals surface area contributed by atoms with E-state index in [2.05, 4.69) is 34.3 Å². The van der Waals surface area contributed by atoms with Crippen LogP contribution in [0.3, 0.4) is 0 Å². The van der Waals surface area contributed by atoms with Crippen molar-refractivity contribution in [2.75, 3.05) is 39.4 Å². The lowest BCUT2D eigenvalue weighted by atomic mass is 10.2. The lowest BCUT2D eigenvalue weighted by Crippen LogP contribution is -2.55. The smallest absolute Gasteiger partial charge is 0.141 e. The molecule has 1 aliphatic rings. The molecule has 1 fully saturated rings. The first-order valence-corrected chi connectivity index (χ1v) is 7.32. The van der Waals surface area contributed by atoms with Crippen LogP contribution >= 0.6 is 15.9 Å². The maximum absolute atomic E-state index is 5.45. The van der Waals surface area contributed by atoms with Crippen molar-refractivity contribution < 1.29 is 9.22 Å². The summed E-state index contributed by atoms with van der Waals surface area (Å²) in [5.74, 6) is 6.56. The summed E-state index contributed by atoms with van der Waals surface area (Å²) in [6, 6.07) is 8.11. The van der Waals surface area contributed by atoms with Crippen molar-refractivity contribution in [1.29, 1.82) is 0 Å². The highest BCUT2D eigenvalue weighted by Gasteiger charge is 2.27. The van der Waals surface area contributed by atoms with E-state index in [1.165, 1.54) is 0 Å². The highest BCUT2D eigenvalue weighted by atomic mass is 79.9. The van der Waals surface area contributed by atoms with Crippen LogP contribution in [0.2, 0.25) is 0 Å². The van der Waals surface area contributed by atoms with Crippen molar-refractivity contribution in [3.05, 3.63) is 47.0 Å². The minimum atomic E-state index is 0.827. The molecule has 1 aliphatic heterocycles. The van der Waals surface area contributed by atoms with Crippen LogP contribution in [0.25, 0.3) is 0 Å². The van der Waals surface area contributed by atoms with Gasteiger partial charge in [0.25, 0.3) is 0 Å². The fourth-order valence-corrected chi connectivity index (χ4v) is 2.52. The maximum Gasteiger partial charge on any atom is 0.141 e. The average Bonchev–Trinajstić information content (AvgIpc) is 2.42. The normalized spacial score (nSPS) is 17.3. The third-order valence-electron chi connectivity index (χ3n) is 3.43. The molecule has 0 N–H and O–H groups in total. The summed E-state index contributed by atoms with van der Waals surface area (Å²) in [6.07, 6.45) is 1.99. The molecule has 3 heteroatoms. The summed E-state index contributed by atoms with van der Waals surface area (Å²) in [5.41, 5.74) is 1.06. The van der Waals surface area contributed by atoms with Crippen molar-refractivity contribution in [3.8, 4) is 11.8 Å². The Morgan fingerprint density at radius 1 is 1.26 bits per heavy atom. The highest BCUT2D eigenvalue weighted by Crippen LogP contribution is 2.12. The Labute approximate surface area is 123 Å². The zero-order chi connectivity index (χ0) is 13.6. The van der Waals surface area contributed by atoms with E-state index in [1.807, 2.05) is 30.3 Å².